The molecule has 0 unspecified atom stereocenters. The molecule has 1 aliphatic rings. The average molecular weight is 380 g/mol. The van der Waals surface area contributed by atoms with Crippen LogP contribution in [0.1, 0.15) is 27.1 Å². The third-order valence-electron chi connectivity index (χ3n) is 2.26. The van der Waals surface area contributed by atoms with E-state index in [1.807, 2.05) is 0 Å². The predicted octanol–water partition coefficient (Wildman–Crippen LogP) is -1.49. The van der Waals surface area contributed by atoms with Gasteiger partial charge in [0, 0.05) is 26.0 Å². The summed E-state index contributed by atoms with van der Waals surface area (Å²) in [5.74, 6) is -0.400. The molecule has 0 spiro atoms. The van der Waals surface area contributed by atoms with Crippen molar-refractivity contribution < 1.29 is 53.0 Å². The van der Waals surface area contributed by atoms with Crippen LogP contribution in [-0.4, -0.2) is 23.3 Å². The quantitative estimate of drug-likeness (QED) is 0.356. The summed E-state index contributed by atoms with van der Waals surface area (Å²) < 4.78 is 0. The molecule has 0 atom stereocenters. The summed E-state index contributed by atoms with van der Waals surface area (Å²) >= 11 is 0. The Kier molecular flexibility index (Phi) is 6.33. The van der Waals surface area contributed by atoms with E-state index in [0.717, 1.165) is 0 Å². The minimum Gasteiger partial charge on any atom is -1.00 e. The number of fused-ring (bicyclic) bond motifs is 1. The molecule has 0 bridgehead atoms. The second-order valence-electron chi connectivity index (χ2n) is 3.16. The number of carbonyl (C=O) groups excluding carboxylic acids is 2. The van der Waals surface area contributed by atoms with E-state index in [9.17, 15) is 9.59 Å². The molecule has 2 amide bonds. The van der Waals surface area contributed by atoms with Gasteiger partial charge in [-0.05, 0) is 18.6 Å². The summed E-state index contributed by atoms with van der Waals surface area (Å²) in [6.07, 6.45) is 0.547. The molecule has 1 aromatic rings. The maximum absolute atomic E-state index is 11.7. The normalized spacial score (nSPS) is 12.9. The van der Waals surface area contributed by atoms with E-state index in [0.29, 0.717) is 24.1 Å². The van der Waals surface area contributed by atoms with Crippen LogP contribution in [0.5, 0.6) is 0 Å². The molecule has 2 rings (SSSR count). The van der Waals surface area contributed by atoms with Crippen LogP contribution in [0.25, 0.3) is 0 Å². The first-order chi connectivity index (χ1) is 6.75. The van der Waals surface area contributed by atoms with Gasteiger partial charge in [0.05, 0.1) is 11.1 Å². The van der Waals surface area contributed by atoms with Crippen molar-refractivity contribution in [1.29, 1.82) is 0 Å². The van der Waals surface area contributed by atoms with Gasteiger partial charge in [-0.25, -0.2) is 0 Å². The van der Waals surface area contributed by atoms with E-state index in [1.165, 1.54) is 4.90 Å². The third-order valence-corrected chi connectivity index (χ3v) is 2.26. The molecule has 5 heteroatoms. The zero-order chi connectivity index (χ0) is 10.1. The summed E-state index contributed by atoms with van der Waals surface area (Å²) in [6.45, 7) is 4.03. The first kappa shape index (κ1) is 15.7. The number of amides is 2. The number of hydrogen-bond acceptors (Lipinski definition) is 2. The van der Waals surface area contributed by atoms with Gasteiger partial charge in [-0.15, -0.1) is 0 Å². The second kappa shape index (κ2) is 6.45. The number of halogens is 1. The second-order valence-corrected chi connectivity index (χ2v) is 3.16. The number of imide groups is 1. The van der Waals surface area contributed by atoms with E-state index in [1.54, 1.807) is 24.3 Å². The molecule has 0 fully saturated rings. The van der Waals surface area contributed by atoms with E-state index >= 15 is 0 Å². The van der Waals surface area contributed by atoms with Crippen molar-refractivity contribution in [3.8, 4) is 0 Å². The fourth-order valence-electron chi connectivity index (χ4n) is 1.60. The number of rotatable bonds is 2. The molecule has 0 saturated heterocycles. The molecule has 1 heterocycles. The minimum absolute atomic E-state index is 0. The molecule has 1 aromatic carbocycles. The molecule has 1 aliphatic heterocycles. The fourth-order valence-corrected chi connectivity index (χ4v) is 1.60. The summed E-state index contributed by atoms with van der Waals surface area (Å²) in [5.41, 5.74) is 1.01. The van der Waals surface area contributed by atoms with Crippen molar-refractivity contribution in [1.82, 2.24) is 4.90 Å². The van der Waals surface area contributed by atoms with E-state index in [2.05, 4.69) is 6.92 Å². The largest absolute Gasteiger partial charge is 1.00 e. The van der Waals surface area contributed by atoms with Gasteiger partial charge in [-0.1, -0.05) is 19.1 Å². The van der Waals surface area contributed by atoms with Crippen molar-refractivity contribution in [2.45, 2.75) is 6.42 Å². The van der Waals surface area contributed by atoms with Crippen LogP contribution in [-0.2, 0) is 19.5 Å². The predicted molar refractivity (Wildman–Crippen MR) is 51.8 cm³/mol. The van der Waals surface area contributed by atoms with Crippen LogP contribution in [0, 0.1) is 6.92 Å². The van der Waals surface area contributed by atoms with Crippen molar-refractivity contribution in [3.05, 3.63) is 42.3 Å². The van der Waals surface area contributed by atoms with Gasteiger partial charge in [-0.2, -0.15) is 0 Å². The van der Waals surface area contributed by atoms with Crippen LogP contribution < -0.4 is 24.0 Å². The first-order valence-electron chi connectivity index (χ1n) is 4.50. The standard InChI is InChI=1S/C11H10NO2.HI.Zn/c1-2-7-12-10(13)8-5-3-4-6-9(8)11(12)14;;/h3-6H,1-2,7H2;1H;/p-1. The zero-order valence-electron chi connectivity index (χ0n) is 8.78. The zero-order valence-corrected chi connectivity index (χ0v) is 13.9. The third kappa shape index (κ3) is 2.51. The van der Waals surface area contributed by atoms with Crippen molar-refractivity contribution in [3.63, 3.8) is 0 Å². The summed E-state index contributed by atoms with van der Waals surface area (Å²) in [4.78, 5) is 24.6. The van der Waals surface area contributed by atoms with Gasteiger partial charge in [0.15, 0.2) is 0 Å². The maximum atomic E-state index is 11.7. The number of benzene rings is 1. The van der Waals surface area contributed by atoms with Gasteiger partial charge < -0.3 is 24.0 Å². The van der Waals surface area contributed by atoms with Crippen molar-refractivity contribution in [2.24, 2.45) is 0 Å². The Hall–Kier alpha value is -0.287. The van der Waals surface area contributed by atoms with Gasteiger partial charge in [0.2, 0.25) is 0 Å². The molecule has 1 radical (unpaired) electrons. The number of hydrogen-bond donors (Lipinski definition) is 0. The minimum atomic E-state index is -0.200. The SMILES string of the molecule is [CH2]CCN1C(=O)c2ccccc2C1=O.[I-].[Zn]. The Balaban J connectivity index is 0.00000112. The van der Waals surface area contributed by atoms with Crippen LogP contribution in [0.15, 0.2) is 24.3 Å². The van der Waals surface area contributed by atoms with Crippen molar-refractivity contribution in [2.75, 3.05) is 6.54 Å². The molecule has 0 aromatic heterocycles. The topological polar surface area (TPSA) is 37.4 Å². The van der Waals surface area contributed by atoms with Crippen molar-refractivity contribution >= 4 is 11.8 Å². The Bertz CT molecular complexity index is 374. The maximum Gasteiger partial charge on any atom is 0.261 e. The molecule has 16 heavy (non-hydrogen) atoms. The molecule has 0 saturated carbocycles. The van der Waals surface area contributed by atoms with Crippen LogP contribution >= 0.6 is 0 Å². The van der Waals surface area contributed by atoms with Gasteiger partial charge >= 0.3 is 0 Å². The molecule has 0 N–H and O–H groups in total. The molecule has 0 aliphatic carbocycles. The smallest absolute Gasteiger partial charge is 0.261 e. The Labute approximate surface area is 124 Å². The Morgan fingerprint density at radius 3 is 1.88 bits per heavy atom. The first-order valence-corrected chi connectivity index (χ1v) is 4.50. The Morgan fingerprint density at radius 1 is 1.06 bits per heavy atom. The molecule has 81 valence electrons. The van der Waals surface area contributed by atoms with Crippen LogP contribution in [0.2, 0.25) is 0 Å². The number of nitrogens with zero attached hydrogens (tertiary/aromatic N) is 1. The average Bonchev–Trinajstić information content (AvgIpc) is 2.45. The van der Waals surface area contributed by atoms with E-state index in [4.69, 9.17) is 0 Å². The van der Waals surface area contributed by atoms with Crippen LogP contribution in [0.4, 0.5) is 0 Å². The fraction of sp³-hybridized carbons (Fsp3) is 0.182. The monoisotopic (exact) mass is 379 g/mol. The summed E-state index contributed by atoms with van der Waals surface area (Å²) in [7, 11) is 0. The summed E-state index contributed by atoms with van der Waals surface area (Å²) in [5, 5.41) is 0. The van der Waals surface area contributed by atoms with E-state index in [-0.39, 0.29) is 55.3 Å². The Morgan fingerprint density at radius 2 is 1.50 bits per heavy atom. The van der Waals surface area contributed by atoms with E-state index < -0.39 is 0 Å². The van der Waals surface area contributed by atoms with Gasteiger partial charge in [-0.3, -0.25) is 14.5 Å². The van der Waals surface area contributed by atoms with Gasteiger partial charge in [0.25, 0.3) is 11.8 Å². The molecule has 3 nitrogen and oxygen atoms in total. The molecular weight excluding hydrogens is 370 g/mol. The summed E-state index contributed by atoms with van der Waals surface area (Å²) in [6, 6.07) is 6.88. The van der Waals surface area contributed by atoms with Gasteiger partial charge in [0.1, 0.15) is 0 Å². The number of carbonyl (C=O) groups is 2. The van der Waals surface area contributed by atoms with Crippen LogP contribution in [0.3, 0.4) is 0 Å². The molecular formula is C11H10INO2Zn-.